The van der Waals surface area contributed by atoms with Crippen molar-refractivity contribution in [3.8, 4) is 0 Å². The predicted molar refractivity (Wildman–Crippen MR) is 152 cm³/mol. The van der Waals surface area contributed by atoms with E-state index < -0.39 is 5.97 Å². The monoisotopic (exact) mass is 478 g/mol. The van der Waals surface area contributed by atoms with Crippen LogP contribution in [0.25, 0.3) is 0 Å². The van der Waals surface area contributed by atoms with E-state index in [1.807, 2.05) is 0 Å². The van der Waals surface area contributed by atoms with Gasteiger partial charge in [0, 0.05) is 0 Å². The molecule has 0 fully saturated rings. The Balaban J connectivity index is 3.42. The number of allylic oxidation sites excluding steroid dienone is 2. The van der Waals surface area contributed by atoms with E-state index in [0.29, 0.717) is 0 Å². The van der Waals surface area contributed by atoms with Crippen molar-refractivity contribution in [2.75, 3.05) is 0 Å². The molecule has 0 aromatic heterocycles. The third kappa shape index (κ3) is 25.8. The van der Waals surface area contributed by atoms with E-state index in [9.17, 15) is 9.90 Å². The van der Waals surface area contributed by atoms with Crippen LogP contribution in [0.15, 0.2) is 12.2 Å². The predicted octanol–water partition coefficient (Wildman–Crippen LogP) is 11.4. The van der Waals surface area contributed by atoms with Crippen molar-refractivity contribution < 1.29 is 9.90 Å². The summed E-state index contributed by atoms with van der Waals surface area (Å²) >= 11 is 0. The van der Waals surface area contributed by atoms with Gasteiger partial charge in [-0.25, -0.2) is 0 Å². The lowest BCUT2D eigenvalue weighted by Crippen LogP contribution is -2.13. The number of hydrogen-bond donors (Lipinski definition) is 1. The van der Waals surface area contributed by atoms with Gasteiger partial charge in [-0.15, -0.1) is 0 Å². The van der Waals surface area contributed by atoms with Gasteiger partial charge in [0.1, 0.15) is 0 Å². The first kappa shape index (κ1) is 33.2. The maximum Gasteiger partial charge on any atom is 0.306 e. The number of carboxylic acid groups (broad SMARTS) is 1. The Bertz CT molecular complexity index is 429. The van der Waals surface area contributed by atoms with E-state index >= 15 is 0 Å². The second kappa shape index (κ2) is 28.4. The minimum atomic E-state index is -0.570. The van der Waals surface area contributed by atoms with E-state index in [1.54, 1.807) is 0 Å². The molecule has 0 radical (unpaired) electrons. The fourth-order valence-corrected chi connectivity index (χ4v) is 4.89. The standard InChI is InChI=1S/C32H62O2/c1-3-5-7-9-11-13-15-16-17-18-19-20-22-24-26-28-30-31(32(33)34)29-27-25-23-21-14-12-10-8-6-4-2/h10,12,31H,3-9,11,13-30H2,1-2H3,(H,33,34). The first-order valence-corrected chi connectivity index (χ1v) is 15.6. The average molecular weight is 479 g/mol. The van der Waals surface area contributed by atoms with E-state index in [0.717, 1.165) is 25.7 Å². The van der Waals surface area contributed by atoms with Crippen molar-refractivity contribution in [2.45, 2.75) is 181 Å². The summed E-state index contributed by atoms with van der Waals surface area (Å²) in [4.78, 5) is 11.6. The minimum absolute atomic E-state index is 0.111. The molecule has 0 spiro atoms. The number of aliphatic carboxylic acids is 1. The molecule has 0 heterocycles. The first-order valence-electron chi connectivity index (χ1n) is 15.6. The van der Waals surface area contributed by atoms with Crippen LogP contribution in [0.3, 0.4) is 0 Å². The van der Waals surface area contributed by atoms with Crippen LogP contribution < -0.4 is 0 Å². The molecule has 0 aliphatic carbocycles. The number of carboxylic acids is 1. The maximum absolute atomic E-state index is 11.6. The van der Waals surface area contributed by atoms with Gasteiger partial charge in [0.25, 0.3) is 0 Å². The average Bonchev–Trinajstić information content (AvgIpc) is 2.83. The van der Waals surface area contributed by atoms with Crippen molar-refractivity contribution in [1.82, 2.24) is 0 Å². The number of carbonyl (C=O) groups is 1. The van der Waals surface area contributed by atoms with Crippen LogP contribution in [-0.2, 0) is 4.79 Å². The quantitative estimate of drug-likeness (QED) is 0.0896. The van der Waals surface area contributed by atoms with Gasteiger partial charge in [0.15, 0.2) is 0 Å². The van der Waals surface area contributed by atoms with E-state index in [4.69, 9.17) is 0 Å². The zero-order chi connectivity index (χ0) is 25.0. The van der Waals surface area contributed by atoms with Crippen molar-refractivity contribution >= 4 is 5.97 Å². The van der Waals surface area contributed by atoms with Crippen molar-refractivity contribution in [3.63, 3.8) is 0 Å². The van der Waals surface area contributed by atoms with Gasteiger partial charge in [-0.2, -0.15) is 0 Å². The second-order valence-corrected chi connectivity index (χ2v) is 10.7. The molecule has 34 heavy (non-hydrogen) atoms. The third-order valence-electron chi connectivity index (χ3n) is 7.32. The van der Waals surface area contributed by atoms with Gasteiger partial charge in [0.05, 0.1) is 5.92 Å². The molecule has 1 atom stereocenters. The zero-order valence-electron chi connectivity index (χ0n) is 23.5. The van der Waals surface area contributed by atoms with Gasteiger partial charge in [0.2, 0.25) is 0 Å². The third-order valence-corrected chi connectivity index (χ3v) is 7.32. The van der Waals surface area contributed by atoms with Gasteiger partial charge in [-0.3, -0.25) is 4.79 Å². The Kier molecular flexibility index (Phi) is 27.8. The Morgan fingerprint density at radius 1 is 0.500 bits per heavy atom. The van der Waals surface area contributed by atoms with E-state index in [-0.39, 0.29) is 5.92 Å². The molecule has 2 nitrogen and oxygen atoms in total. The minimum Gasteiger partial charge on any atom is -0.481 e. The summed E-state index contributed by atoms with van der Waals surface area (Å²) in [7, 11) is 0. The molecule has 2 heteroatoms. The number of hydrogen-bond acceptors (Lipinski definition) is 1. The lowest BCUT2D eigenvalue weighted by atomic mass is 9.94. The van der Waals surface area contributed by atoms with Gasteiger partial charge in [-0.05, 0) is 32.1 Å². The molecule has 0 aromatic rings. The lowest BCUT2D eigenvalue weighted by Gasteiger charge is -2.12. The normalized spacial score (nSPS) is 12.5. The molecular weight excluding hydrogens is 416 g/mol. The van der Waals surface area contributed by atoms with Crippen LogP contribution in [0.1, 0.15) is 181 Å². The first-order chi connectivity index (χ1) is 16.7. The summed E-state index contributed by atoms with van der Waals surface area (Å²) < 4.78 is 0. The molecule has 0 saturated heterocycles. The molecule has 1 unspecified atom stereocenters. The van der Waals surface area contributed by atoms with E-state index in [1.165, 1.54) is 141 Å². The number of rotatable bonds is 28. The van der Waals surface area contributed by atoms with Crippen LogP contribution in [-0.4, -0.2) is 11.1 Å². The van der Waals surface area contributed by atoms with Gasteiger partial charge >= 0.3 is 5.97 Å². The summed E-state index contributed by atoms with van der Waals surface area (Å²) in [6.07, 6.45) is 38.1. The largest absolute Gasteiger partial charge is 0.481 e. The fourth-order valence-electron chi connectivity index (χ4n) is 4.89. The summed E-state index contributed by atoms with van der Waals surface area (Å²) in [5, 5.41) is 9.53. The highest BCUT2D eigenvalue weighted by molar-refractivity contribution is 5.69. The second-order valence-electron chi connectivity index (χ2n) is 10.7. The maximum atomic E-state index is 11.6. The van der Waals surface area contributed by atoms with Gasteiger partial charge in [-0.1, -0.05) is 161 Å². The molecular formula is C32H62O2. The van der Waals surface area contributed by atoms with Crippen LogP contribution in [0.2, 0.25) is 0 Å². The zero-order valence-corrected chi connectivity index (χ0v) is 23.5. The Labute approximate surface area is 214 Å². The van der Waals surface area contributed by atoms with Crippen LogP contribution in [0.5, 0.6) is 0 Å². The molecule has 202 valence electrons. The van der Waals surface area contributed by atoms with Crippen LogP contribution in [0.4, 0.5) is 0 Å². The Morgan fingerprint density at radius 3 is 1.21 bits per heavy atom. The molecule has 0 saturated carbocycles. The van der Waals surface area contributed by atoms with Crippen molar-refractivity contribution in [2.24, 2.45) is 5.92 Å². The van der Waals surface area contributed by atoms with E-state index in [2.05, 4.69) is 26.0 Å². The topological polar surface area (TPSA) is 37.3 Å². The summed E-state index contributed by atoms with van der Waals surface area (Å²) in [5.41, 5.74) is 0. The van der Waals surface area contributed by atoms with Crippen LogP contribution >= 0.6 is 0 Å². The van der Waals surface area contributed by atoms with Crippen molar-refractivity contribution in [3.05, 3.63) is 12.2 Å². The highest BCUT2D eigenvalue weighted by atomic mass is 16.4. The highest BCUT2D eigenvalue weighted by Crippen LogP contribution is 2.20. The Morgan fingerprint density at radius 2 is 0.824 bits per heavy atom. The molecule has 0 aliphatic heterocycles. The van der Waals surface area contributed by atoms with Gasteiger partial charge < -0.3 is 5.11 Å². The molecule has 0 aromatic carbocycles. The fraction of sp³-hybridized carbons (Fsp3) is 0.906. The van der Waals surface area contributed by atoms with Crippen LogP contribution in [0, 0.1) is 5.92 Å². The SMILES string of the molecule is CCCCC=CCCCCCCC(CCCCCCCCCCCCCCCCCC)C(=O)O. The highest BCUT2D eigenvalue weighted by Gasteiger charge is 2.16. The molecule has 0 bridgehead atoms. The smallest absolute Gasteiger partial charge is 0.306 e. The molecule has 0 amide bonds. The Hall–Kier alpha value is -0.790. The summed E-state index contributed by atoms with van der Waals surface area (Å²) in [5.74, 6) is -0.680. The molecule has 0 rings (SSSR count). The lowest BCUT2D eigenvalue weighted by molar-refractivity contribution is -0.142. The summed E-state index contributed by atoms with van der Waals surface area (Å²) in [6.45, 7) is 4.52. The number of unbranched alkanes of at least 4 members (excludes halogenated alkanes) is 21. The summed E-state index contributed by atoms with van der Waals surface area (Å²) in [6, 6.07) is 0. The van der Waals surface area contributed by atoms with Crippen molar-refractivity contribution in [1.29, 1.82) is 0 Å². The molecule has 0 aliphatic rings. The molecule has 1 N–H and O–H groups in total.